The minimum absolute atomic E-state index is 0.216. The second kappa shape index (κ2) is 7.09. The summed E-state index contributed by atoms with van der Waals surface area (Å²) in [7, 11) is -2.22. The lowest BCUT2D eigenvalue weighted by Crippen LogP contribution is -2.51. The van der Waals surface area contributed by atoms with Gasteiger partial charge in [0.2, 0.25) is 15.9 Å². The molecular weight excluding hydrogens is 360 g/mol. The van der Waals surface area contributed by atoms with Crippen molar-refractivity contribution in [1.29, 1.82) is 0 Å². The van der Waals surface area contributed by atoms with Gasteiger partial charge in [-0.25, -0.2) is 8.42 Å². The summed E-state index contributed by atoms with van der Waals surface area (Å²) in [4.78, 5) is 12.8. The van der Waals surface area contributed by atoms with Gasteiger partial charge in [0.05, 0.1) is 4.90 Å². The summed E-state index contributed by atoms with van der Waals surface area (Å²) in [5.74, 6) is -0.272. The van der Waals surface area contributed by atoms with Crippen LogP contribution in [0.1, 0.15) is 35.1 Å². The van der Waals surface area contributed by atoms with Crippen LogP contribution < -0.4 is 5.32 Å². The van der Waals surface area contributed by atoms with Crippen LogP contribution in [0.4, 0.5) is 0 Å². The van der Waals surface area contributed by atoms with Crippen LogP contribution in [0.25, 0.3) is 0 Å². The monoisotopic (exact) mass is 384 g/mol. The predicted octanol–water partition coefficient (Wildman–Crippen LogP) is 2.43. The van der Waals surface area contributed by atoms with E-state index >= 15 is 0 Å². The average molecular weight is 385 g/mol. The van der Waals surface area contributed by atoms with Crippen molar-refractivity contribution >= 4 is 15.9 Å². The molecule has 0 saturated heterocycles. The van der Waals surface area contributed by atoms with E-state index in [9.17, 15) is 13.2 Å². The third-order valence-electron chi connectivity index (χ3n) is 5.68. The molecule has 27 heavy (non-hydrogen) atoms. The van der Waals surface area contributed by atoms with E-state index in [-0.39, 0.29) is 17.3 Å². The van der Waals surface area contributed by atoms with Crippen molar-refractivity contribution in [3.63, 3.8) is 0 Å². The summed E-state index contributed by atoms with van der Waals surface area (Å²) < 4.78 is 28.3. The number of carbonyl (C=O) groups excluding carboxylic acids is 1. The molecule has 0 radical (unpaired) electrons. The van der Waals surface area contributed by atoms with Crippen LogP contribution in [0.2, 0.25) is 0 Å². The molecule has 0 aromatic heterocycles. The molecule has 142 valence electrons. The average Bonchev–Trinajstić information content (AvgIpc) is 2.71. The fourth-order valence-electron chi connectivity index (χ4n) is 4.15. The maximum Gasteiger partial charge on any atom is 0.244 e. The summed E-state index contributed by atoms with van der Waals surface area (Å²) in [6.07, 6.45) is 4.56. The second-order valence-electron chi connectivity index (χ2n) is 7.29. The highest BCUT2D eigenvalue weighted by Gasteiger charge is 2.39. The Morgan fingerprint density at radius 1 is 1.00 bits per heavy atom. The first-order chi connectivity index (χ1) is 13.0. The topological polar surface area (TPSA) is 66.5 Å². The fraction of sp³-hybridized carbons (Fsp3) is 0.381. The largest absolute Gasteiger partial charge is 0.358 e. The minimum atomic E-state index is -3.77. The Morgan fingerprint density at radius 3 is 2.44 bits per heavy atom. The molecule has 2 aliphatic rings. The molecular formula is C21H24N2O3S. The van der Waals surface area contributed by atoms with Gasteiger partial charge in [0.15, 0.2) is 0 Å². The molecule has 1 N–H and O–H groups in total. The van der Waals surface area contributed by atoms with E-state index in [1.165, 1.54) is 9.87 Å². The molecule has 2 aromatic rings. The van der Waals surface area contributed by atoms with Crippen molar-refractivity contribution in [3.05, 3.63) is 64.7 Å². The minimum Gasteiger partial charge on any atom is -0.358 e. The third-order valence-corrected chi connectivity index (χ3v) is 7.53. The van der Waals surface area contributed by atoms with Crippen molar-refractivity contribution in [1.82, 2.24) is 9.62 Å². The maximum atomic E-state index is 13.5. The van der Waals surface area contributed by atoms with Gasteiger partial charge in [0, 0.05) is 13.6 Å². The normalized spacial score (nSPS) is 19.8. The van der Waals surface area contributed by atoms with Gasteiger partial charge in [0.25, 0.3) is 0 Å². The van der Waals surface area contributed by atoms with Gasteiger partial charge in [-0.3, -0.25) is 4.79 Å². The van der Waals surface area contributed by atoms with Gasteiger partial charge in [0.1, 0.15) is 6.04 Å². The van der Waals surface area contributed by atoms with Crippen LogP contribution in [0.3, 0.4) is 0 Å². The number of rotatable bonds is 3. The molecule has 0 bridgehead atoms. The highest BCUT2D eigenvalue weighted by atomic mass is 32.2. The molecule has 1 aliphatic heterocycles. The van der Waals surface area contributed by atoms with Gasteiger partial charge in [-0.1, -0.05) is 30.3 Å². The Labute approximate surface area is 160 Å². The number of likely N-dealkylation sites (N-methyl/N-ethyl adjacent to an activating group) is 1. The summed E-state index contributed by atoms with van der Waals surface area (Å²) >= 11 is 0. The number of fused-ring (bicyclic) bond motifs is 2. The number of benzene rings is 2. The van der Waals surface area contributed by atoms with E-state index in [0.717, 1.165) is 42.4 Å². The summed E-state index contributed by atoms with van der Waals surface area (Å²) in [5, 5.41) is 2.62. The van der Waals surface area contributed by atoms with Crippen LogP contribution in [-0.4, -0.2) is 31.7 Å². The van der Waals surface area contributed by atoms with Gasteiger partial charge in [-0.05, 0) is 66.5 Å². The van der Waals surface area contributed by atoms with E-state index in [1.807, 2.05) is 36.4 Å². The SMILES string of the molecule is CNC(=O)[C@H]1Cc2ccccc2CN1S(=O)(=O)c1ccc2c(c1)CCCC2. The number of amides is 1. The van der Waals surface area contributed by atoms with Crippen molar-refractivity contribution < 1.29 is 13.2 Å². The van der Waals surface area contributed by atoms with Crippen molar-refractivity contribution in [3.8, 4) is 0 Å². The number of sulfonamides is 1. The highest BCUT2D eigenvalue weighted by Crippen LogP contribution is 2.31. The number of nitrogens with zero attached hydrogens (tertiary/aromatic N) is 1. The molecule has 1 heterocycles. The molecule has 0 unspecified atom stereocenters. The molecule has 2 aromatic carbocycles. The fourth-order valence-corrected chi connectivity index (χ4v) is 5.76. The lowest BCUT2D eigenvalue weighted by atomic mass is 9.92. The lowest BCUT2D eigenvalue weighted by molar-refractivity contribution is -0.124. The number of hydrogen-bond donors (Lipinski definition) is 1. The zero-order chi connectivity index (χ0) is 19.0. The quantitative estimate of drug-likeness (QED) is 0.884. The number of hydrogen-bond acceptors (Lipinski definition) is 3. The molecule has 1 aliphatic carbocycles. The van der Waals surface area contributed by atoms with Crippen LogP contribution in [-0.2, 0) is 40.6 Å². The Morgan fingerprint density at radius 2 is 1.70 bits per heavy atom. The Bertz CT molecular complexity index is 985. The number of carbonyl (C=O) groups is 1. The van der Waals surface area contributed by atoms with E-state index in [0.29, 0.717) is 6.42 Å². The predicted molar refractivity (Wildman–Crippen MR) is 104 cm³/mol. The maximum absolute atomic E-state index is 13.5. The summed E-state index contributed by atoms with van der Waals surface area (Å²) in [5.41, 5.74) is 4.35. The zero-order valence-corrected chi connectivity index (χ0v) is 16.3. The zero-order valence-electron chi connectivity index (χ0n) is 15.4. The third kappa shape index (κ3) is 3.28. The van der Waals surface area contributed by atoms with Crippen LogP contribution >= 0.6 is 0 Å². The van der Waals surface area contributed by atoms with E-state index < -0.39 is 16.1 Å². The van der Waals surface area contributed by atoms with Crippen LogP contribution in [0, 0.1) is 0 Å². The Balaban J connectivity index is 1.75. The molecule has 0 fully saturated rings. The van der Waals surface area contributed by atoms with Crippen molar-refractivity contribution in [2.24, 2.45) is 0 Å². The van der Waals surface area contributed by atoms with Gasteiger partial charge >= 0.3 is 0 Å². The van der Waals surface area contributed by atoms with E-state index in [4.69, 9.17) is 0 Å². The first kappa shape index (κ1) is 18.2. The number of nitrogens with one attached hydrogen (secondary N) is 1. The first-order valence-electron chi connectivity index (χ1n) is 9.43. The molecule has 1 amide bonds. The van der Waals surface area contributed by atoms with Gasteiger partial charge < -0.3 is 5.32 Å². The molecule has 6 heteroatoms. The summed E-state index contributed by atoms with van der Waals surface area (Å²) in [6, 6.07) is 12.4. The summed E-state index contributed by atoms with van der Waals surface area (Å²) in [6.45, 7) is 0.216. The standard InChI is InChI=1S/C21H24N2O3S/c1-22-21(24)20-13-17-8-4-5-9-18(17)14-23(20)27(25,26)19-11-10-15-6-2-3-7-16(15)12-19/h4-5,8-12,20H,2-3,6-7,13-14H2,1H3,(H,22,24)/t20-/m1/s1. The molecule has 0 saturated carbocycles. The Hall–Kier alpha value is -2.18. The highest BCUT2D eigenvalue weighted by molar-refractivity contribution is 7.89. The number of aryl methyl sites for hydroxylation is 2. The molecule has 5 nitrogen and oxygen atoms in total. The smallest absolute Gasteiger partial charge is 0.244 e. The van der Waals surface area contributed by atoms with Crippen molar-refractivity contribution in [2.75, 3.05) is 7.05 Å². The molecule has 0 spiro atoms. The molecule has 1 atom stereocenters. The van der Waals surface area contributed by atoms with Crippen LogP contribution in [0.5, 0.6) is 0 Å². The van der Waals surface area contributed by atoms with Gasteiger partial charge in [-0.2, -0.15) is 4.31 Å². The van der Waals surface area contributed by atoms with Gasteiger partial charge in [-0.15, -0.1) is 0 Å². The van der Waals surface area contributed by atoms with E-state index in [2.05, 4.69) is 5.32 Å². The van der Waals surface area contributed by atoms with Crippen LogP contribution in [0.15, 0.2) is 47.4 Å². The van der Waals surface area contributed by atoms with Crippen molar-refractivity contribution in [2.45, 2.75) is 49.6 Å². The lowest BCUT2D eigenvalue weighted by Gasteiger charge is -2.35. The molecule has 4 rings (SSSR count). The van der Waals surface area contributed by atoms with E-state index in [1.54, 1.807) is 13.1 Å². The second-order valence-corrected chi connectivity index (χ2v) is 9.18. The first-order valence-corrected chi connectivity index (χ1v) is 10.9. The Kier molecular flexibility index (Phi) is 4.78.